The van der Waals surface area contributed by atoms with Crippen molar-refractivity contribution in [1.29, 1.82) is 0 Å². The molecule has 0 atom stereocenters. The average Bonchev–Trinajstić information content (AvgIpc) is 2.67. The van der Waals surface area contributed by atoms with Crippen LogP contribution < -0.4 is 10.4 Å². The smallest absolute Gasteiger partial charge is 0.423 e. The van der Waals surface area contributed by atoms with E-state index in [-0.39, 0.29) is 10.8 Å². The average molecular weight is 433 g/mol. The first-order valence-corrected chi connectivity index (χ1v) is 11.0. The summed E-state index contributed by atoms with van der Waals surface area (Å²) in [6.45, 7) is 13.2. The van der Waals surface area contributed by atoms with Gasteiger partial charge in [0.25, 0.3) is 0 Å². The van der Waals surface area contributed by atoms with Crippen molar-refractivity contribution in [2.24, 2.45) is 0 Å². The fourth-order valence-electron chi connectivity index (χ4n) is 3.56. The molecule has 3 aromatic rings. The molecular weight excluding hydrogens is 401 g/mol. The second kappa shape index (κ2) is 8.74. The van der Waals surface area contributed by atoms with Crippen molar-refractivity contribution in [3.63, 3.8) is 0 Å². The summed E-state index contributed by atoms with van der Waals surface area (Å²) in [5.74, 6) is 0. The van der Waals surface area contributed by atoms with Crippen LogP contribution in [-0.2, 0) is 10.8 Å². The van der Waals surface area contributed by atoms with E-state index >= 15 is 0 Å². The Morgan fingerprint density at radius 3 is 1.35 bits per heavy atom. The molecule has 0 radical (unpaired) electrons. The van der Waals surface area contributed by atoms with E-state index in [0.29, 0.717) is 10.4 Å². The Bertz CT molecular complexity index is 975. The van der Waals surface area contributed by atoms with Crippen molar-refractivity contribution in [2.45, 2.75) is 57.3 Å². The van der Waals surface area contributed by atoms with Crippen molar-refractivity contribution in [1.82, 2.24) is 0 Å². The summed E-state index contributed by atoms with van der Waals surface area (Å²) in [5.41, 5.74) is 6.05. The van der Waals surface area contributed by atoms with Gasteiger partial charge in [-0.15, -0.1) is 12.6 Å². The monoisotopic (exact) mass is 433 g/mol. The Hall–Kier alpha value is -2.21. The van der Waals surface area contributed by atoms with Crippen LogP contribution in [0, 0.1) is 0 Å². The number of nitrogens with zero attached hydrogens (tertiary/aromatic N) is 1. The second-order valence-corrected chi connectivity index (χ2v) is 10.5. The first-order valence-electron chi connectivity index (χ1n) is 10.6. The maximum absolute atomic E-state index is 9.57. The topological polar surface area (TPSA) is 43.7 Å². The third-order valence-corrected chi connectivity index (χ3v) is 5.92. The van der Waals surface area contributed by atoms with Gasteiger partial charge in [-0.2, -0.15) is 0 Å². The van der Waals surface area contributed by atoms with Gasteiger partial charge >= 0.3 is 7.12 Å². The van der Waals surface area contributed by atoms with Gasteiger partial charge in [-0.25, -0.2) is 0 Å². The van der Waals surface area contributed by atoms with Crippen LogP contribution in [-0.4, -0.2) is 17.2 Å². The molecule has 2 N–H and O–H groups in total. The molecule has 3 rings (SSSR count). The number of hydrogen-bond donors (Lipinski definition) is 3. The van der Waals surface area contributed by atoms with E-state index in [2.05, 4.69) is 108 Å². The fraction of sp³-hybridized carbons (Fsp3) is 0.308. The molecule has 0 unspecified atom stereocenters. The second-order valence-electron chi connectivity index (χ2n) is 10.0. The van der Waals surface area contributed by atoms with Gasteiger partial charge in [-0.1, -0.05) is 71.9 Å². The molecule has 3 aromatic carbocycles. The van der Waals surface area contributed by atoms with Gasteiger partial charge in [-0.05, 0) is 63.8 Å². The van der Waals surface area contributed by atoms with Gasteiger partial charge in [0.05, 0.1) is 0 Å². The highest BCUT2D eigenvalue weighted by Gasteiger charge is 2.20. The quantitative estimate of drug-likeness (QED) is 0.364. The Morgan fingerprint density at radius 1 is 0.645 bits per heavy atom. The van der Waals surface area contributed by atoms with E-state index in [1.54, 1.807) is 6.07 Å². The van der Waals surface area contributed by atoms with Crippen LogP contribution in [0.2, 0.25) is 0 Å². The molecule has 5 heteroatoms. The summed E-state index contributed by atoms with van der Waals surface area (Å²) in [6.07, 6.45) is 0. The zero-order chi connectivity index (χ0) is 23.0. The Labute approximate surface area is 192 Å². The van der Waals surface area contributed by atoms with Crippen molar-refractivity contribution in [3.8, 4) is 0 Å². The molecule has 3 nitrogen and oxygen atoms in total. The lowest BCUT2D eigenvalue weighted by atomic mass is 9.80. The SMILES string of the molecule is CC(C)(C)c1ccc(N(c2ccc(C(C)(C)C)cc2)c2ccc(B(O)O)c(S)c2)cc1. The zero-order valence-corrected chi connectivity index (χ0v) is 20.1. The minimum Gasteiger partial charge on any atom is -0.423 e. The number of anilines is 3. The third kappa shape index (κ3) is 5.35. The molecule has 0 heterocycles. The Balaban J connectivity index is 2.11. The van der Waals surface area contributed by atoms with E-state index in [0.717, 1.165) is 17.1 Å². The highest BCUT2D eigenvalue weighted by molar-refractivity contribution is 7.80. The first-order chi connectivity index (χ1) is 14.4. The summed E-state index contributed by atoms with van der Waals surface area (Å²) in [5, 5.41) is 19.1. The van der Waals surface area contributed by atoms with Crippen LogP contribution in [0.15, 0.2) is 71.6 Å². The molecule has 0 saturated heterocycles. The van der Waals surface area contributed by atoms with Crippen LogP contribution in [0.4, 0.5) is 17.1 Å². The maximum atomic E-state index is 9.57. The molecule has 0 aliphatic heterocycles. The zero-order valence-electron chi connectivity index (χ0n) is 19.2. The van der Waals surface area contributed by atoms with Gasteiger partial charge in [0.1, 0.15) is 0 Å². The van der Waals surface area contributed by atoms with Crippen LogP contribution in [0.5, 0.6) is 0 Å². The molecule has 0 aliphatic rings. The minimum absolute atomic E-state index is 0.0783. The molecule has 0 aliphatic carbocycles. The highest BCUT2D eigenvalue weighted by atomic mass is 32.1. The lowest BCUT2D eigenvalue weighted by Crippen LogP contribution is -2.31. The van der Waals surface area contributed by atoms with Crippen LogP contribution in [0.25, 0.3) is 0 Å². The first kappa shape index (κ1) is 23.5. The van der Waals surface area contributed by atoms with Crippen molar-refractivity contribution >= 4 is 42.3 Å². The molecule has 0 aromatic heterocycles. The normalized spacial score (nSPS) is 12.0. The number of rotatable bonds is 4. The van der Waals surface area contributed by atoms with Crippen LogP contribution in [0.3, 0.4) is 0 Å². The summed E-state index contributed by atoms with van der Waals surface area (Å²) in [4.78, 5) is 2.70. The molecule has 31 heavy (non-hydrogen) atoms. The van der Waals surface area contributed by atoms with E-state index in [9.17, 15) is 10.0 Å². The van der Waals surface area contributed by atoms with E-state index in [4.69, 9.17) is 0 Å². The van der Waals surface area contributed by atoms with Crippen molar-refractivity contribution < 1.29 is 10.0 Å². The lowest BCUT2D eigenvalue weighted by Gasteiger charge is -2.28. The molecule has 0 fully saturated rings. The maximum Gasteiger partial charge on any atom is 0.489 e. The Kier molecular flexibility index (Phi) is 6.61. The molecule has 0 amide bonds. The number of hydrogen-bond acceptors (Lipinski definition) is 4. The molecule has 162 valence electrons. The van der Waals surface area contributed by atoms with E-state index in [1.807, 2.05) is 12.1 Å². The number of thiol groups is 1. The van der Waals surface area contributed by atoms with Gasteiger partial charge in [0.2, 0.25) is 0 Å². The van der Waals surface area contributed by atoms with Gasteiger partial charge in [-0.3, -0.25) is 0 Å². The molecule has 0 bridgehead atoms. The molecular formula is C26H32BNO2S. The van der Waals surface area contributed by atoms with Gasteiger partial charge in [0, 0.05) is 22.0 Å². The minimum atomic E-state index is -1.55. The number of benzene rings is 3. The van der Waals surface area contributed by atoms with Crippen LogP contribution in [0.1, 0.15) is 52.7 Å². The van der Waals surface area contributed by atoms with Crippen LogP contribution >= 0.6 is 12.6 Å². The molecule has 0 spiro atoms. The predicted octanol–water partition coefficient (Wildman–Crippen LogP) is 5.72. The molecule has 0 saturated carbocycles. The van der Waals surface area contributed by atoms with Crippen molar-refractivity contribution in [3.05, 3.63) is 77.9 Å². The highest BCUT2D eigenvalue weighted by Crippen LogP contribution is 2.37. The fourth-order valence-corrected chi connectivity index (χ4v) is 3.88. The predicted molar refractivity (Wildman–Crippen MR) is 136 cm³/mol. The summed E-state index contributed by atoms with van der Waals surface area (Å²) in [7, 11) is -1.55. The largest absolute Gasteiger partial charge is 0.489 e. The van der Waals surface area contributed by atoms with Gasteiger partial charge in [0.15, 0.2) is 0 Å². The summed E-state index contributed by atoms with van der Waals surface area (Å²) < 4.78 is 0. The van der Waals surface area contributed by atoms with Gasteiger partial charge < -0.3 is 14.9 Å². The summed E-state index contributed by atoms with van der Waals surface area (Å²) in [6, 6.07) is 22.7. The lowest BCUT2D eigenvalue weighted by molar-refractivity contribution is 0.425. The third-order valence-electron chi connectivity index (χ3n) is 5.53. The Morgan fingerprint density at radius 2 is 1.03 bits per heavy atom. The van der Waals surface area contributed by atoms with Crippen molar-refractivity contribution in [2.75, 3.05) is 4.90 Å². The summed E-state index contributed by atoms with van der Waals surface area (Å²) >= 11 is 4.49. The standard InChI is InChI=1S/C26H32BNO2S/c1-25(2,3)18-7-11-20(12-8-18)28(21-13-9-19(10-14-21)26(4,5)6)22-15-16-23(27(29)30)24(31)17-22/h7-17,29-31H,1-6H3. The van der Waals surface area contributed by atoms with E-state index < -0.39 is 7.12 Å². The van der Waals surface area contributed by atoms with E-state index in [1.165, 1.54) is 11.1 Å².